The number of hydrogen-bond donors (Lipinski definition) is 1. The van der Waals surface area contributed by atoms with Gasteiger partial charge in [-0.25, -0.2) is 4.68 Å². The molecule has 0 aliphatic carbocycles. The monoisotopic (exact) mass is 354 g/mol. The standard InChI is InChI=1S/C19H19ClN4O/c1-14-13-24(17-9-7-16(20)8-10-17)23-19(14)22-18(25)6-2-4-15-5-3-11-21-12-15/h3,5,7-13H,2,4,6H2,1H3,(H,22,23,25). The van der Waals surface area contributed by atoms with Crippen LogP contribution in [0, 0.1) is 6.92 Å². The van der Waals surface area contributed by atoms with Gasteiger partial charge in [-0.3, -0.25) is 9.78 Å². The van der Waals surface area contributed by atoms with Crippen molar-refractivity contribution >= 4 is 23.3 Å². The maximum atomic E-state index is 12.2. The van der Waals surface area contributed by atoms with Crippen LogP contribution in [0.4, 0.5) is 5.82 Å². The predicted molar refractivity (Wildman–Crippen MR) is 99.1 cm³/mol. The van der Waals surface area contributed by atoms with Gasteiger partial charge < -0.3 is 5.32 Å². The maximum absolute atomic E-state index is 12.2. The predicted octanol–water partition coefficient (Wildman–Crippen LogP) is 4.19. The molecule has 128 valence electrons. The summed E-state index contributed by atoms with van der Waals surface area (Å²) in [6, 6.07) is 11.3. The largest absolute Gasteiger partial charge is 0.309 e. The van der Waals surface area contributed by atoms with Crippen LogP contribution in [-0.4, -0.2) is 20.7 Å². The Hall–Kier alpha value is -2.66. The van der Waals surface area contributed by atoms with Crippen LogP contribution in [0.2, 0.25) is 5.02 Å². The van der Waals surface area contributed by atoms with E-state index in [1.807, 2.05) is 55.7 Å². The first-order valence-corrected chi connectivity index (χ1v) is 8.50. The number of carbonyl (C=O) groups is 1. The van der Waals surface area contributed by atoms with E-state index < -0.39 is 0 Å². The molecule has 25 heavy (non-hydrogen) atoms. The number of carbonyl (C=O) groups excluding carboxylic acids is 1. The van der Waals surface area contributed by atoms with E-state index in [-0.39, 0.29) is 5.91 Å². The quantitative estimate of drug-likeness (QED) is 0.722. The first kappa shape index (κ1) is 17.2. The highest BCUT2D eigenvalue weighted by Crippen LogP contribution is 2.18. The average molecular weight is 355 g/mol. The summed E-state index contributed by atoms with van der Waals surface area (Å²) in [6.07, 6.45) is 7.51. The molecular weight excluding hydrogens is 336 g/mol. The fourth-order valence-electron chi connectivity index (χ4n) is 2.50. The Morgan fingerprint density at radius 2 is 2.04 bits per heavy atom. The summed E-state index contributed by atoms with van der Waals surface area (Å²) >= 11 is 5.91. The van der Waals surface area contributed by atoms with Gasteiger partial charge in [0.2, 0.25) is 5.91 Å². The lowest BCUT2D eigenvalue weighted by molar-refractivity contribution is -0.116. The molecule has 3 aromatic rings. The van der Waals surface area contributed by atoms with Crippen LogP contribution in [0.15, 0.2) is 55.0 Å². The number of amides is 1. The molecule has 0 radical (unpaired) electrons. The van der Waals surface area contributed by atoms with Crippen molar-refractivity contribution in [3.63, 3.8) is 0 Å². The summed E-state index contributed by atoms with van der Waals surface area (Å²) in [5.41, 5.74) is 2.94. The third-order valence-electron chi connectivity index (χ3n) is 3.84. The molecule has 1 amide bonds. The lowest BCUT2D eigenvalue weighted by Crippen LogP contribution is -2.13. The number of halogens is 1. The normalized spacial score (nSPS) is 10.6. The zero-order valence-corrected chi connectivity index (χ0v) is 14.7. The maximum Gasteiger partial charge on any atom is 0.225 e. The Morgan fingerprint density at radius 1 is 1.24 bits per heavy atom. The SMILES string of the molecule is Cc1cn(-c2ccc(Cl)cc2)nc1NC(=O)CCCc1cccnc1. The minimum absolute atomic E-state index is 0.0339. The lowest BCUT2D eigenvalue weighted by atomic mass is 10.1. The van der Waals surface area contributed by atoms with Crippen LogP contribution in [-0.2, 0) is 11.2 Å². The molecule has 0 aliphatic rings. The molecule has 1 N–H and O–H groups in total. The number of rotatable bonds is 6. The van der Waals surface area contributed by atoms with E-state index in [0.29, 0.717) is 17.3 Å². The van der Waals surface area contributed by atoms with E-state index in [1.165, 1.54) is 0 Å². The van der Waals surface area contributed by atoms with Crippen molar-refractivity contribution in [2.24, 2.45) is 0 Å². The molecule has 0 fully saturated rings. The van der Waals surface area contributed by atoms with Gasteiger partial charge in [-0.2, -0.15) is 0 Å². The molecule has 1 aromatic carbocycles. The average Bonchev–Trinajstić information content (AvgIpc) is 2.97. The first-order valence-electron chi connectivity index (χ1n) is 8.13. The zero-order chi connectivity index (χ0) is 17.6. The van der Waals surface area contributed by atoms with Crippen LogP contribution in [0.5, 0.6) is 0 Å². The van der Waals surface area contributed by atoms with E-state index in [4.69, 9.17) is 11.6 Å². The van der Waals surface area contributed by atoms with Crippen molar-refractivity contribution in [1.29, 1.82) is 0 Å². The summed E-state index contributed by atoms with van der Waals surface area (Å²) in [6.45, 7) is 1.92. The molecule has 0 saturated carbocycles. The molecule has 0 unspecified atom stereocenters. The number of nitrogens with one attached hydrogen (secondary N) is 1. The Morgan fingerprint density at radius 3 is 2.76 bits per heavy atom. The molecule has 0 aliphatic heterocycles. The molecule has 0 bridgehead atoms. The minimum atomic E-state index is -0.0339. The second-order valence-electron chi connectivity index (χ2n) is 5.84. The fourth-order valence-corrected chi connectivity index (χ4v) is 2.63. The lowest BCUT2D eigenvalue weighted by Gasteiger charge is -2.04. The van der Waals surface area contributed by atoms with Gasteiger partial charge in [0.05, 0.1) is 5.69 Å². The number of aryl methyl sites for hydroxylation is 2. The highest BCUT2D eigenvalue weighted by Gasteiger charge is 2.10. The Labute approximate surface area is 151 Å². The van der Waals surface area contributed by atoms with E-state index in [1.54, 1.807) is 10.9 Å². The summed E-state index contributed by atoms with van der Waals surface area (Å²) in [5.74, 6) is 0.551. The van der Waals surface area contributed by atoms with Crippen molar-refractivity contribution < 1.29 is 4.79 Å². The van der Waals surface area contributed by atoms with Crippen LogP contribution in [0.25, 0.3) is 5.69 Å². The number of benzene rings is 1. The Kier molecular flexibility index (Phi) is 5.46. The molecule has 5 nitrogen and oxygen atoms in total. The minimum Gasteiger partial charge on any atom is -0.309 e. The second kappa shape index (κ2) is 7.94. The number of nitrogens with zero attached hydrogens (tertiary/aromatic N) is 3. The van der Waals surface area contributed by atoms with Gasteiger partial charge >= 0.3 is 0 Å². The molecule has 2 heterocycles. The van der Waals surface area contributed by atoms with Crippen LogP contribution < -0.4 is 5.32 Å². The zero-order valence-electron chi connectivity index (χ0n) is 13.9. The van der Waals surface area contributed by atoms with Crippen molar-refractivity contribution in [3.8, 4) is 5.69 Å². The second-order valence-corrected chi connectivity index (χ2v) is 6.28. The topological polar surface area (TPSA) is 59.8 Å². The third-order valence-corrected chi connectivity index (χ3v) is 4.09. The summed E-state index contributed by atoms with van der Waals surface area (Å²) in [7, 11) is 0. The van der Waals surface area contributed by atoms with Crippen molar-refractivity contribution in [1.82, 2.24) is 14.8 Å². The molecule has 2 aromatic heterocycles. The first-order chi connectivity index (χ1) is 12.1. The summed E-state index contributed by atoms with van der Waals surface area (Å²) < 4.78 is 1.73. The summed E-state index contributed by atoms with van der Waals surface area (Å²) in [4.78, 5) is 16.2. The van der Waals surface area contributed by atoms with Gasteiger partial charge in [0.15, 0.2) is 5.82 Å². The number of hydrogen-bond acceptors (Lipinski definition) is 3. The Balaban J connectivity index is 1.57. The van der Waals surface area contributed by atoms with Crippen LogP contribution in [0.1, 0.15) is 24.0 Å². The van der Waals surface area contributed by atoms with Crippen LogP contribution in [0.3, 0.4) is 0 Å². The van der Waals surface area contributed by atoms with Gasteiger partial charge in [-0.1, -0.05) is 17.7 Å². The molecule has 0 spiro atoms. The number of anilines is 1. The van der Waals surface area contributed by atoms with Crippen LogP contribution >= 0.6 is 11.6 Å². The van der Waals surface area contributed by atoms with Gasteiger partial charge in [0.1, 0.15) is 0 Å². The van der Waals surface area contributed by atoms with Crippen molar-refractivity contribution in [3.05, 3.63) is 71.1 Å². The highest BCUT2D eigenvalue weighted by molar-refractivity contribution is 6.30. The van der Waals surface area contributed by atoms with Crippen molar-refractivity contribution in [2.45, 2.75) is 26.2 Å². The van der Waals surface area contributed by atoms with E-state index in [0.717, 1.165) is 29.7 Å². The van der Waals surface area contributed by atoms with Gasteiger partial charge in [-0.05, 0) is 55.7 Å². The molecule has 0 atom stereocenters. The number of aromatic nitrogens is 3. The molecule has 3 rings (SSSR count). The Bertz CT molecular complexity index is 844. The number of pyridine rings is 1. The van der Waals surface area contributed by atoms with Gasteiger partial charge in [-0.15, -0.1) is 5.10 Å². The van der Waals surface area contributed by atoms with Gasteiger partial charge in [0, 0.05) is 35.6 Å². The fraction of sp³-hybridized carbons (Fsp3) is 0.211. The summed E-state index contributed by atoms with van der Waals surface area (Å²) in [5, 5.41) is 8.01. The van der Waals surface area contributed by atoms with Crippen molar-refractivity contribution in [2.75, 3.05) is 5.32 Å². The highest BCUT2D eigenvalue weighted by atomic mass is 35.5. The van der Waals surface area contributed by atoms with E-state index in [2.05, 4.69) is 15.4 Å². The van der Waals surface area contributed by atoms with E-state index >= 15 is 0 Å². The van der Waals surface area contributed by atoms with E-state index in [9.17, 15) is 4.79 Å². The molecule has 0 saturated heterocycles. The smallest absolute Gasteiger partial charge is 0.225 e. The third kappa shape index (κ3) is 4.67. The molecule has 6 heteroatoms. The van der Waals surface area contributed by atoms with Gasteiger partial charge in [0.25, 0.3) is 0 Å². The molecular formula is C19H19ClN4O.